The average molecular weight is 520 g/mol. The first-order valence-electron chi connectivity index (χ1n) is 13.7. The molecule has 3 aromatic rings. The highest BCUT2D eigenvalue weighted by atomic mass is 16.1. The van der Waals surface area contributed by atoms with Crippen LogP contribution >= 0.6 is 0 Å². The first-order chi connectivity index (χ1) is 18.9. The fourth-order valence-electron chi connectivity index (χ4n) is 5.01. The van der Waals surface area contributed by atoms with Crippen molar-refractivity contribution in [2.45, 2.75) is 32.2 Å². The second kappa shape index (κ2) is 11.8. The van der Waals surface area contributed by atoms with Crippen molar-refractivity contribution < 1.29 is 4.79 Å². The molecule has 1 amide bonds. The Bertz CT molecular complexity index is 1450. The van der Waals surface area contributed by atoms with Crippen LogP contribution in [0, 0.1) is 18.8 Å². The van der Waals surface area contributed by atoms with Gasteiger partial charge in [0.1, 0.15) is 0 Å². The molecule has 3 aromatic carbocycles. The van der Waals surface area contributed by atoms with Crippen LogP contribution < -0.4 is 16.8 Å². The lowest BCUT2D eigenvalue weighted by Gasteiger charge is -2.32. The maximum absolute atomic E-state index is 13.2. The number of allylic oxidation sites excluding steroid dienone is 1. The van der Waals surface area contributed by atoms with Crippen LogP contribution in [-0.4, -0.2) is 48.9 Å². The number of piperazine rings is 1. The minimum atomic E-state index is -0.145. The van der Waals surface area contributed by atoms with Gasteiger partial charge in [-0.25, -0.2) is 0 Å². The Morgan fingerprint density at radius 2 is 1.82 bits per heavy atom. The van der Waals surface area contributed by atoms with Gasteiger partial charge in [-0.05, 0) is 79.8 Å². The van der Waals surface area contributed by atoms with Crippen LogP contribution in [0.5, 0.6) is 0 Å². The zero-order chi connectivity index (χ0) is 27.4. The number of nitrogens with zero attached hydrogens (tertiary/aromatic N) is 2. The third kappa shape index (κ3) is 6.51. The lowest BCUT2D eigenvalue weighted by atomic mass is 10.0. The molecule has 2 fully saturated rings. The van der Waals surface area contributed by atoms with Gasteiger partial charge in [0, 0.05) is 72.6 Å². The maximum Gasteiger partial charge on any atom is 0.255 e. The molecular formula is C33H37N5O. The number of benzene rings is 3. The maximum atomic E-state index is 13.2. The number of rotatable bonds is 6. The van der Waals surface area contributed by atoms with E-state index < -0.39 is 0 Å². The van der Waals surface area contributed by atoms with Gasteiger partial charge in [-0.2, -0.15) is 0 Å². The molecule has 1 aliphatic carbocycles. The standard InChI is InChI=1S/C33H37N5O/c1-23-7-8-26(19-25(23)11-12-27(21-34)30-5-3-4-6-32(30)35)33(39)36-29-14-13-28(31(20-29)24-9-10-24)22-38-17-15-37(2)16-18-38/h3-8,13-14,19-21,24H,9-10,15-18,22,34-35H2,1-2H3,(H,36,39)/b27-21-. The smallest absolute Gasteiger partial charge is 0.255 e. The Kier molecular flexibility index (Phi) is 8.02. The summed E-state index contributed by atoms with van der Waals surface area (Å²) < 4.78 is 0. The summed E-state index contributed by atoms with van der Waals surface area (Å²) >= 11 is 0. The zero-order valence-corrected chi connectivity index (χ0v) is 22.8. The van der Waals surface area contributed by atoms with Crippen molar-refractivity contribution in [3.05, 3.63) is 100 Å². The minimum Gasteiger partial charge on any atom is -0.404 e. The van der Waals surface area contributed by atoms with Gasteiger partial charge in [-0.15, -0.1) is 0 Å². The zero-order valence-electron chi connectivity index (χ0n) is 22.8. The molecule has 5 rings (SSSR count). The number of para-hydroxylation sites is 1. The van der Waals surface area contributed by atoms with E-state index in [-0.39, 0.29) is 5.91 Å². The Labute approximate surface area is 231 Å². The SMILES string of the molecule is Cc1ccc(C(=O)Nc2ccc(CN3CCN(C)CC3)c(C3CC3)c2)cc1C#C/C(=C/N)c1ccccc1N. The molecule has 0 spiro atoms. The van der Waals surface area contributed by atoms with Gasteiger partial charge in [-0.1, -0.05) is 42.2 Å². The second-order valence-electron chi connectivity index (χ2n) is 10.7. The van der Waals surface area contributed by atoms with E-state index in [4.69, 9.17) is 11.5 Å². The quantitative estimate of drug-likeness (QED) is 0.322. The average Bonchev–Trinajstić information content (AvgIpc) is 3.78. The number of nitrogen functional groups attached to an aromatic ring is 1. The van der Waals surface area contributed by atoms with Gasteiger partial charge in [0.05, 0.1) is 0 Å². The normalized spacial score (nSPS) is 16.4. The predicted octanol–water partition coefficient (Wildman–Crippen LogP) is 4.81. The van der Waals surface area contributed by atoms with E-state index in [1.54, 1.807) is 0 Å². The Balaban J connectivity index is 1.32. The topological polar surface area (TPSA) is 87.6 Å². The number of hydrogen-bond acceptors (Lipinski definition) is 5. The first-order valence-corrected chi connectivity index (χ1v) is 13.7. The molecule has 2 aliphatic rings. The molecule has 39 heavy (non-hydrogen) atoms. The Hall–Kier alpha value is -4.05. The van der Waals surface area contributed by atoms with Crippen LogP contribution in [0.3, 0.4) is 0 Å². The van der Waals surface area contributed by atoms with E-state index in [1.807, 2.05) is 55.5 Å². The molecule has 1 saturated carbocycles. The van der Waals surface area contributed by atoms with Crippen molar-refractivity contribution in [1.82, 2.24) is 9.80 Å². The molecule has 0 aromatic heterocycles. The van der Waals surface area contributed by atoms with E-state index in [0.717, 1.165) is 55.1 Å². The molecule has 6 nitrogen and oxygen atoms in total. The molecule has 6 heteroatoms. The van der Waals surface area contributed by atoms with Crippen molar-refractivity contribution in [3.8, 4) is 11.8 Å². The molecular weight excluding hydrogens is 482 g/mol. The van der Waals surface area contributed by atoms with Crippen LogP contribution in [0.1, 0.15) is 56.9 Å². The number of anilines is 2. The summed E-state index contributed by atoms with van der Waals surface area (Å²) in [5, 5.41) is 3.12. The van der Waals surface area contributed by atoms with Crippen molar-refractivity contribution >= 4 is 22.9 Å². The number of carbonyl (C=O) groups excluding carboxylic acids is 1. The second-order valence-corrected chi connectivity index (χ2v) is 10.7. The largest absolute Gasteiger partial charge is 0.404 e. The molecule has 5 N–H and O–H groups in total. The van der Waals surface area contributed by atoms with Crippen LogP contribution in [0.15, 0.2) is 66.9 Å². The molecule has 1 aliphatic heterocycles. The molecule has 1 heterocycles. The summed E-state index contributed by atoms with van der Waals surface area (Å²) in [7, 11) is 2.18. The number of nitrogens with one attached hydrogen (secondary N) is 1. The minimum absolute atomic E-state index is 0.145. The lowest BCUT2D eigenvalue weighted by Crippen LogP contribution is -2.44. The third-order valence-corrected chi connectivity index (χ3v) is 7.66. The van der Waals surface area contributed by atoms with Gasteiger partial charge in [-0.3, -0.25) is 9.69 Å². The molecule has 200 valence electrons. The van der Waals surface area contributed by atoms with E-state index in [1.165, 1.54) is 30.2 Å². The van der Waals surface area contributed by atoms with Gasteiger partial charge < -0.3 is 21.7 Å². The molecule has 0 atom stereocenters. The number of carbonyl (C=O) groups is 1. The Morgan fingerprint density at radius 3 is 2.54 bits per heavy atom. The van der Waals surface area contributed by atoms with Gasteiger partial charge in [0.2, 0.25) is 0 Å². The summed E-state index contributed by atoms with van der Waals surface area (Å²) in [4.78, 5) is 18.2. The van der Waals surface area contributed by atoms with Crippen molar-refractivity contribution in [1.29, 1.82) is 0 Å². The van der Waals surface area contributed by atoms with Crippen molar-refractivity contribution in [2.75, 3.05) is 44.3 Å². The fourth-order valence-corrected chi connectivity index (χ4v) is 5.01. The first kappa shape index (κ1) is 26.6. The van der Waals surface area contributed by atoms with E-state index >= 15 is 0 Å². The highest BCUT2D eigenvalue weighted by Crippen LogP contribution is 2.43. The molecule has 0 radical (unpaired) electrons. The van der Waals surface area contributed by atoms with Gasteiger partial charge in [0.25, 0.3) is 5.91 Å². The molecule has 0 unspecified atom stereocenters. The summed E-state index contributed by atoms with van der Waals surface area (Å²) in [5.41, 5.74) is 20.0. The molecule has 1 saturated heterocycles. The lowest BCUT2D eigenvalue weighted by molar-refractivity contribution is 0.102. The number of likely N-dealkylation sites (N-methyl/N-ethyl adjacent to an activating group) is 1. The number of hydrogen-bond donors (Lipinski definition) is 3. The van der Waals surface area contributed by atoms with Gasteiger partial charge >= 0.3 is 0 Å². The van der Waals surface area contributed by atoms with Gasteiger partial charge in [0.15, 0.2) is 0 Å². The predicted molar refractivity (Wildman–Crippen MR) is 160 cm³/mol. The number of aryl methyl sites for hydroxylation is 1. The summed E-state index contributed by atoms with van der Waals surface area (Å²) in [5.74, 6) is 6.79. The molecule has 0 bridgehead atoms. The fraction of sp³-hybridized carbons (Fsp3) is 0.303. The third-order valence-electron chi connectivity index (χ3n) is 7.66. The summed E-state index contributed by atoms with van der Waals surface area (Å²) in [6.07, 6.45) is 3.91. The number of nitrogens with two attached hydrogens (primary N) is 2. The highest BCUT2D eigenvalue weighted by molar-refractivity contribution is 6.04. The van der Waals surface area contributed by atoms with Crippen molar-refractivity contribution in [2.24, 2.45) is 5.73 Å². The summed E-state index contributed by atoms with van der Waals surface area (Å²) in [6, 6.07) is 19.5. The van der Waals surface area contributed by atoms with Crippen LogP contribution in [0.25, 0.3) is 5.57 Å². The van der Waals surface area contributed by atoms with E-state index in [2.05, 4.69) is 46.1 Å². The Morgan fingerprint density at radius 1 is 1.05 bits per heavy atom. The summed E-state index contributed by atoms with van der Waals surface area (Å²) in [6.45, 7) is 7.37. The van der Waals surface area contributed by atoms with E-state index in [0.29, 0.717) is 22.7 Å². The monoisotopic (exact) mass is 519 g/mol. The number of amides is 1. The highest BCUT2D eigenvalue weighted by Gasteiger charge is 2.27. The van der Waals surface area contributed by atoms with E-state index in [9.17, 15) is 4.79 Å². The van der Waals surface area contributed by atoms with Crippen LogP contribution in [0.4, 0.5) is 11.4 Å². The van der Waals surface area contributed by atoms with Crippen molar-refractivity contribution in [3.63, 3.8) is 0 Å². The van der Waals surface area contributed by atoms with Crippen LogP contribution in [0.2, 0.25) is 0 Å². The van der Waals surface area contributed by atoms with Crippen LogP contribution in [-0.2, 0) is 6.54 Å².